The number of rotatable bonds is 7. The molecule has 0 aliphatic carbocycles. The average molecular weight is 341 g/mol. The Balaban J connectivity index is 1.64. The fourth-order valence-electron chi connectivity index (χ4n) is 2.59. The van der Waals surface area contributed by atoms with Crippen molar-refractivity contribution in [1.82, 2.24) is 15.5 Å². The maximum absolute atomic E-state index is 13.0. The van der Waals surface area contributed by atoms with Gasteiger partial charge in [0.2, 0.25) is 11.7 Å². The largest absolute Gasteiger partial charge is 0.497 e. The summed E-state index contributed by atoms with van der Waals surface area (Å²) in [4.78, 5) is 4.35. The van der Waals surface area contributed by atoms with Crippen molar-refractivity contribution in [2.45, 2.75) is 25.9 Å². The van der Waals surface area contributed by atoms with Gasteiger partial charge in [-0.05, 0) is 48.4 Å². The van der Waals surface area contributed by atoms with Crippen molar-refractivity contribution < 1.29 is 13.7 Å². The highest BCUT2D eigenvalue weighted by Gasteiger charge is 2.13. The Morgan fingerprint density at radius 2 is 1.84 bits per heavy atom. The number of aromatic nitrogens is 2. The molecule has 0 saturated heterocycles. The minimum atomic E-state index is -0.292. The minimum absolute atomic E-state index is 0.173. The number of halogens is 1. The molecule has 130 valence electrons. The number of hydrogen-bond acceptors (Lipinski definition) is 5. The smallest absolute Gasteiger partial charge is 0.240 e. The van der Waals surface area contributed by atoms with Gasteiger partial charge in [-0.2, -0.15) is 4.98 Å². The lowest BCUT2D eigenvalue weighted by molar-refractivity contribution is 0.356. The van der Waals surface area contributed by atoms with E-state index < -0.39 is 0 Å². The van der Waals surface area contributed by atoms with Gasteiger partial charge in [0.05, 0.1) is 13.7 Å². The molecule has 0 amide bonds. The van der Waals surface area contributed by atoms with E-state index in [2.05, 4.69) is 22.4 Å². The topological polar surface area (TPSA) is 60.2 Å². The van der Waals surface area contributed by atoms with Crippen molar-refractivity contribution >= 4 is 0 Å². The van der Waals surface area contributed by atoms with Crippen molar-refractivity contribution in [3.63, 3.8) is 0 Å². The fraction of sp³-hybridized carbons (Fsp3) is 0.263. The molecule has 3 aromatic rings. The molecule has 1 heterocycles. The number of benzene rings is 2. The van der Waals surface area contributed by atoms with Gasteiger partial charge in [-0.3, -0.25) is 0 Å². The first-order valence-electron chi connectivity index (χ1n) is 8.15. The van der Waals surface area contributed by atoms with E-state index in [0.717, 1.165) is 17.7 Å². The van der Waals surface area contributed by atoms with Crippen LogP contribution >= 0.6 is 0 Å². The summed E-state index contributed by atoms with van der Waals surface area (Å²) in [6, 6.07) is 14.1. The van der Waals surface area contributed by atoms with Crippen LogP contribution in [-0.2, 0) is 6.54 Å². The van der Waals surface area contributed by atoms with Crippen molar-refractivity contribution in [3.05, 3.63) is 65.8 Å². The monoisotopic (exact) mass is 341 g/mol. The number of hydrogen-bond donors (Lipinski definition) is 1. The number of ether oxygens (including phenoxy) is 1. The van der Waals surface area contributed by atoms with Crippen LogP contribution in [0, 0.1) is 5.82 Å². The zero-order valence-electron chi connectivity index (χ0n) is 14.2. The molecule has 0 radical (unpaired) electrons. The molecule has 0 saturated carbocycles. The Bertz CT molecular complexity index is 800. The molecule has 5 nitrogen and oxygen atoms in total. The second-order valence-electron chi connectivity index (χ2n) is 5.63. The Kier molecular flexibility index (Phi) is 5.40. The first kappa shape index (κ1) is 17.1. The molecule has 25 heavy (non-hydrogen) atoms. The van der Waals surface area contributed by atoms with Gasteiger partial charge in [-0.15, -0.1) is 0 Å². The Morgan fingerprint density at radius 1 is 1.12 bits per heavy atom. The molecule has 3 rings (SSSR count). The summed E-state index contributed by atoms with van der Waals surface area (Å²) >= 11 is 0. The minimum Gasteiger partial charge on any atom is -0.497 e. The van der Waals surface area contributed by atoms with E-state index in [1.165, 1.54) is 17.7 Å². The highest BCUT2D eigenvalue weighted by Crippen LogP contribution is 2.21. The summed E-state index contributed by atoms with van der Waals surface area (Å²) < 4.78 is 23.4. The van der Waals surface area contributed by atoms with Crippen LogP contribution in [0.15, 0.2) is 53.1 Å². The van der Waals surface area contributed by atoms with E-state index in [1.807, 2.05) is 24.3 Å². The molecular formula is C19H20FN3O2. The van der Waals surface area contributed by atoms with E-state index in [9.17, 15) is 4.39 Å². The van der Waals surface area contributed by atoms with Crippen molar-refractivity contribution in [1.29, 1.82) is 0 Å². The second kappa shape index (κ2) is 7.90. The van der Waals surface area contributed by atoms with Gasteiger partial charge >= 0.3 is 0 Å². The number of nitrogens with one attached hydrogen (secondary N) is 1. The van der Waals surface area contributed by atoms with E-state index >= 15 is 0 Å². The molecule has 0 bridgehead atoms. The van der Waals surface area contributed by atoms with Crippen LogP contribution in [0.2, 0.25) is 0 Å². The third-order valence-corrected chi connectivity index (χ3v) is 4.00. The number of methoxy groups -OCH3 is 1. The van der Waals surface area contributed by atoms with Crippen LogP contribution in [0.25, 0.3) is 11.4 Å². The number of nitrogens with zero attached hydrogens (tertiary/aromatic N) is 2. The molecule has 0 spiro atoms. The van der Waals surface area contributed by atoms with Crippen LogP contribution in [-0.4, -0.2) is 17.3 Å². The third-order valence-electron chi connectivity index (χ3n) is 4.00. The molecule has 0 aliphatic heterocycles. The lowest BCUT2D eigenvalue weighted by atomic mass is 10.0. The Hall–Kier alpha value is -2.73. The zero-order chi connectivity index (χ0) is 17.6. The molecule has 1 N–H and O–H groups in total. The quantitative estimate of drug-likeness (QED) is 0.700. The summed E-state index contributed by atoms with van der Waals surface area (Å²) in [5.41, 5.74) is 1.89. The molecular weight excluding hydrogens is 321 g/mol. The first-order valence-corrected chi connectivity index (χ1v) is 8.15. The fourth-order valence-corrected chi connectivity index (χ4v) is 2.59. The van der Waals surface area contributed by atoms with Gasteiger partial charge in [-0.25, -0.2) is 4.39 Å². The molecule has 1 atom stereocenters. The maximum Gasteiger partial charge on any atom is 0.240 e. The Morgan fingerprint density at radius 3 is 2.48 bits per heavy atom. The van der Waals surface area contributed by atoms with E-state index in [1.54, 1.807) is 19.2 Å². The molecule has 2 aromatic carbocycles. The summed E-state index contributed by atoms with van der Waals surface area (Å²) in [7, 11) is 1.65. The highest BCUT2D eigenvalue weighted by molar-refractivity contribution is 5.53. The maximum atomic E-state index is 13.0. The molecule has 0 fully saturated rings. The van der Waals surface area contributed by atoms with Crippen LogP contribution in [0.1, 0.15) is 30.8 Å². The summed E-state index contributed by atoms with van der Waals surface area (Å²) in [5.74, 6) is 1.49. The lowest BCUT2D eigenvalue weighted by Gasteiger charge is -2.16. The van der Waals surface area contributed by atoms with Crippen molar-refractivity contribution in [2.24, 2.45) is 0 Å². The van der Waals surface area contributed by atoms with Crippen LogP contribution in [0.4, 0.5) is 4.39 Å². The second-order valence-corrected chi connectivity index (χ2v) is 5.63. The van der Waals surface area contributed by atoms with Gasteiger partial charge in [0.15, 0.2) is 0 Å². The SMILES string of the molecule is CCC(NCc1nc(-c2ccc(F)cc2)no1)c1ccc(OC)cc1. The zero-order valence-corrected chi connectivity index (χ0v) is 14.2. The van der Waals surface area contributed by atoms with Gasteiger partial charge in [0, 0.05) is 11.6 Å². The van der Waals surface area contributed by atoms with Crippen molar-refractivity contribution in [2.75, 3.05) is 7.11 Å². The van der Waals surface area contributed by atoms with Gasteiger partial charge in [0.1, 0.15) is 11.6 Å². The van der Waals surface area contributed by atoms with Gasteiger partial charge in [0.25, 0.3) is 0 Å². The summed E-state index contributed by atoms with van der Waals surface area (Å²) in [6.07, 6.45) is 0.922. The van der Waals surface area contributed by atoms with E-state index in [0.29, 0.717) is 18.3 Å². The van der Waals surface area contributed by atoms with Gasteiger partial charge < -0.3 is 14.6 Å². The van der Waals surface area contributed by atoms with Crippen molar-refractivity contribution in [3.8, 4) is 17.1 Å². The summed E-state index contributed by atoms with van der Waals surface area (Å²) in [5, 5.41) is 7.37. The molecule has 1 unspecified atom stereocenters. The van der Waals surface area contributed by atoms with Crippen LogP contribution < -0.4 is 10.1 Å². The molecule has 0 aliphatic rings. The lowest BCUT2D eigenvalue weighted by Crippen LogP contribution is -2.20. The highest BCUT2D eigenvalue weighted by atomic mass is 19.1. The molecule has 1 aromatic heterocycles. The average Bonchev–Trinajstić information content (AvgIpc) is 3.12. The first-order chi connectivity index (χ1) is 12.2. The predicted octanol–water partition coefficient (Wildman–Crippen LogP) is 4.13. The van der Waals surface area contributed by atoms with Crippen LogP contribution in [0.3, 0.4) is 0 Å². The van der Waals surface area contributed by atoms with Gasteiger partial charge in [-0.1, -0.05) is 24.2 Å². The van der Waals surface area contributed by atoms with E-state index in [4.69, 9.17) is 9.26 Å². The summed E-state index contributed by atoms with van der Waals surface area (Å²) in [6.45, 7) is 2.57. The normalized spacial score (nSPS) is 12.1. The molecule has 6 heteroatoms. The van der Waals surface area contributed by atoms with Crippen LogP contribution in [0.5, 0.6) is 5.75 Å². The third kappa shape index (κ3) is 4.22. The standard InChI is InChI=1S/C19H20FN3O2/c1-3-17(13-6-10-16(24-2)11-7-13)21-12-18-22-19(23-25-18)14-4-8-15(20)9-5-14/h4-11,17,21H,3,12H2,1-2H3. The predicted molar refractivity (Wildman–Crippen MR) is 92.6 cm³/mol. The Labute approximate surface area is 145 Å². The van der Waals surface area contributed by atoms with E-state index in [-0.39, 0.29) is 11.9 Å².